The van der Waals surface area contributed by atoms with E-state index in [1.807, 2.05) is 0 Å². The molecule has 0 heterocycles. The molecule has 0 bridgehead atoms. The average Bonchev–Trinajstić information content (AvgIpc) is 2.84. The molecule has 0 aliphatic carbocycles. The summed E-state index contributed by atoms with van der Waals surface area (Å²) in [6, 6.07) is 4.41. The molecule has 0 saturated carbocycles. The first-order valence-electron chi connectivity index (χ1n) is 9.03. The van der Waals surface area contributed by atoms with Gasteiger partial charge in [-0.05, 0) is 17.7 Å². The smallest absolute Gasteiger partial charge is 0.207 e. The Morgan fingerprint density at radius 1 is 0.429 bits per heavy atom. The molecule has 1 nitrogen and oxygen atoms in total. The van der Waals surface area contributed by atoms with Crippen molar-refractivity contribution in [3.8, 4) is 22.6 Å². The van der Waals surface area contributed by atoms with Crippen LogP contribution in [-0.2, 0) is 0 Å². The van der Waals surface area contributed by atoms with Crippen LogP contribution in [-0.4, -0.2) is 0 Å². The van der Waals surface area contributed by atoms with Crippen LogP contribution < -0.4 is 4.74 Å². The minimum Gasteiger partial charge on any atom is -0.447 e. The van der Waals surface area contributed by atoms with Gasteiger partial charge in [-0.3, -0.25) is 0 Å². The Morgan fingerprint density at radius 2 is 0.829 bits per heavy atom. The Bertz CT molecular complexity index is 1510. The molecule has 0 aliphatic rings. The van der Waals surface area contributed by atoms with E-state index in [0.29, 0.717) is 0 Å². The van der Waals surface area contributed by atoms with Gasteiger partial charge in [0.1, 0.15) is 0 Å². The van der Waals surface area contributed by atoms with E-state index in [4.69, 9.17) is 0 Å². The van der Waals surface area contributed by atoms with Crippen molar-refractivity contribution in [2.24, 2.45) is 0 Å². The second kappa shape index (κ2) is 8.63. The number of hydrogen-bond donors (Lipinski definition) is 1. The molecule has 4 aromatic rings. The largest absolute Gasteiger partial charge is 0.447 e. The van der Waals surface area contributed by atoms with E-state index < -0.39 is 97.4 Å². The zero-order valence-corrected chi connectivity index (χ0v) is 17.2. The van der Waals surface area contributed by atoms with Crippen LogP contribution in [0.5, 0.6) is 11.5 Å². The summed E-state index contributed by atoms with van der Waals surface area (Å²) in [4.78, 5) is 0.272. The third kappa shape index (κ3) is 3.65. The zero-order valence-electron chi connectivity index (χ0n) is 16.3. The van der Waals surface area contributed by atoms with Crippen molar-refractivity contribution in [1.82, 2.24) is 0 Å². The van der Waals surface area contributed by atoms with E-state index in [9.17, 15) is 39.5 Å². The van der Waals surface area contributed by atoms with Crippen LogP contribution in [0, 0.1) is 64.0 Å². The highest BCUT2D eigenvalue weighted by Gasteiger charge is 2.34. The van der Waals surface area contributed by atoms with Crippen molar-refractivity contribution < 1.29 is 53.0 Å². The van der Waals surface area contributed by atoms with Crippen LogP contribution in [0.4, 0.5) is 48.3 Å². The lowest BCUT2D eigenvalue weighted by Crippen LogP contribution is -2.08. The third-order valence-corrected chi connectivity index (χ3v) is 5.18. The molecule has 0 atom stereocenters. The van der Waals surface area contributed by atoms with Crippen molar-refractivity contribution in [3.05, 3.63) is 88.3 Å². The number of halogens is 11. The summed E-state index contributed by atoms with van der Waals surface area (Å²) in [6.07, 6.45) is 0. The Labute approximate surface area is 192 Å². The van der Waals surface area contributed by atoms with Gasteiger partial charge in [0.15, 0.2) is 34.8 Å². The van der Waals surface area contributed by atoms with E-state index in [2.05, 4.69) is 17.4 Å². The van der Waals surface area contributed by atoms with Crippen molar-refractivity contribution in [1.29, 1.82) is 0 Å². The molecule has 0 saturated heterocycles. The fourth-order valence-electron chi connectivity index (χ4n) is 3.28. The standard InChI is InChI=1S/C22H5F11OS/c23-10-7(5-1-3-6(35)4-2-5)8-9(12(25)14(27)13(26)11(8)24)21(18(10)31)34-22-19(32)16(29)15(28)17(30)20(22)33/h1-4,35H. The van der Waals surface area contributed by atoms with Crippen LogP contribution in [0.1, 0.15) is 0 Å². The molecule has 4 rings (SSSR count). The van der Waals surface area contributed by atoms with E-state index in [1.165, 1.54) is 12.1 Å². The average molecular weight is 526 g/mol. The van der Waals surface area contributed by atoms with Crippen LogP contribution in [0.25, 0.3) is 21.9 Å². The highest BCUT2D eigenvalue weighted by molar-refractivity contribution is 7.80. The first-order valence-corrected chi connectivity index (χ1v) is 9.48. The molecule has 182 valence electrons. The highest BCUT2D eigenvalue weighted by atomic mass is 32.1. The van der Waals surface area contributed by atoms with Crippen molar-refractivity contribution >= 4 is 23.4 Å². The van der Waals surface area contributed by atoms with Gasteiger partial charge in [0.2, 0.25) is 40.7 Å². The number of ether oxygens (including phenoxy) is 1. The Hall–Kier alpha value is -3.48. The molecule has 0 spiro atoms. The first kappa shape index (κ1) is 24.6. The maximum Gasteiger partial charge on any atom is 0.207 e. The van der Waals surface area contributed by atoms with Gasteiger partial charge in [-0.15, -0.1) is 12.6 Å². The lowest BCUT2D eigenvalue weighted by atomic mass is 9.95. The molecule has 4 aromatic carbocycles. The van der Waals surface area contributed by atoms with Crippen molar-refractivity contribution in [3.63, 3.8) is 0 Å². The number of fused-ring (bicyclic) bond motifs is 1. The number of rotatable bonds is 3. The highest BCUT2D eigenvalue weighted by Crippen LogP contribution is 2.46. The van der Waals surface area contributed by atoms with Gasteiger partial charge in [0.25, 0.3) is 0 Å². The molecule has 0 amide bonds. The summed E-state index contributed by atoms with van der Waals surface area (Å²) in [5.41, 5.74) is -1.57. The molecule has 0 fully saturated rings. The molecule has 0 N–H and O–H groups in total. The van der Waals surface area contributed by atoms with Gasteiger partial charge < -0.3 is 4.74 Å². The summed E-state index contributed by atoms with van der Waals surface area (Å²) in [5.74, 6) is -31.5. The van der Waals surface area contributed by atoms with Crippen LogP contribution in [0.3, 0.4) is 0 Å². The van der Waals surface area contributed by atoms with Gasteiger partial charge in [0, 0.05) is 15.8 Å². The van der Waals surface area contributed by atoms with Crippen LogP contribution in [0.2, 0.25) is 0 Å². The van der Waals surface area contributed by atoms with Crippen molar-refractivity contribution in [2.45, 2.75) is 4.90 Å². The van der Waals surface area contributed by atoms with Gasteiger partial charge in [-0.1, -0.05) is 12.1 Å². The Kier molecular flexibility index (Phi) is 6.07. The summed E-state index contributed by atoms with van der Waals surface area (Å²) >= 11 is 3.95. The summed E-state index contributed by atoms with van der Waals surface area (Å²) < 4.78 is 160. The summed E-state index contributed by atoms with van der Waals surface area (Å²) in [7, 11) is 0. The van der Waals surface area contributed by atoms with E-state index in [-0.39, 0.29) is 4.90 Å². The first-order chi connectivity index (χ1) is 16.4. The fraction of sp³-hybridized carbons (Fsp3) is 0. The van der Waals surface area contributed by atoms with Gasteiger partial charge >= 0.3 is 0 Å². The van der Waals surface area contributed by atoms with Crippen LogP contribution >= 0.6 is 12.6 Å². The van der Waals surface area contributed by atoms with E-state index >= 15 is 8.78 Å². The summed E-state index contributed by atoms with van der Waals surface area (Å²) in [5, 5.41) is -3.19. The minimum atomic E-state index is -2.66. The molecule has 0 radical (unpaired) electrons. The lowest BCUT2D eigenvalue weighted by molar-refractivity contribution is 0.324. The van der Waals surface area contributed by atoms with E-state index in [1.54, 1.807) is 0 Å². The fourth-order valence-corrected chi connectivity index (χ4v) is 3.43. The predicted molar refractivity (Wildman–Crippen MR) is 103 cm³/mol. The zero-order chi connectivity index (χ0) is 25.9. The molecule has 0 aliphatic heterocycles. The SMILES string of the molecule is Fc1c(F)c(F)c(Oc2c(F)c(F)c(-c3ccc(S)cc3)c3c(F)c(F)c(F)c(F)c23)c(F)c1F. The Morgan fingerprint density at radius 3 is 1.34 bits per heavy atom. The quantitative estimate of drug-likeness (QED) is 0.123. The maximum atomic E-state index is 15.1. The van der Waals surface area contributed by atoms with Gasteiger partial charge in [-0.25, -0.2) is 35.1 Å². The topological polar surface area (TPSA) is 9.23 Å². The van der Waals surface area contributed by atoms with Crippen molar-refractivity contribution in [2.75, 3.05) is 0 Å². The maximum absolute atomic E-state index is 15.1. The van der Waals surface area contributed by atoms with Crippen LogP contribution in [0.15, 0.2) is 29.2 Å². The summed E-state index contributed by atoms with van der Waals surface area (Å²) in [6.45, 7) is 0. The third-order valence-electron chi connectivity index (χ3n) is 4.89. The molecule has 35 heavy (non-hydrogen) atoms. The normalized spacial score (nSPS) is 11.4. The second-order valence-electron chi connectivity index (χ2n) is 6.89. The second-order valence-corrected chi connectivity index (χ2v) is 7.40. The molecular formula is C22H5F11OS. The Balaban J connectivity index is 2.17. The van der Waals surface area contributed by atoms with Gasteiger partial charge in [0.05, 0.1) is 5.39 Å². The molecule has 0 unspecified atom stereocenters. The predicted octanol–water partition coefficient (Wildman–Crippen LogP) is 8.12. The molecule has 13 heteroatoms. The number of thiol groups is 1. The molecule has 0 aromatic heterocycles. The van der Waals surface area contributed by atoms with E-state index in [0.717, 1.165) is 12.1 Å². The number of benzene rings is 4. The lowest BCUT2D eigenvalue weighted by Gasteiger charge is -2.18. The van der Waals surface area contributed by atoms with Gasteiger partial charge in [-0.2, -0.15) is 13.2 Å². The minimum absolute atomic E-state index is 0.272. The monoisotopic (exact) mass is 526 g/mol. The molecular weight excluding hydrogens is 521 g/mol. The number of hydrogen-bond acceptors (Lipinski definition) is 2.